The molecule has 8 nitrogen and oxygen atoms in total. The van der Waals surface area contributed by atoms with E-state index in [4.69, 9.17) is 24.1 Å². The zero-order valence-electron chi connectivity index (χ0n) is 11.7. The average Bonchev–Trinajstić information content (AvgIpc) is 2.49. The van der Waals surface area contributed by atoms with Crippen LogP contribution in [0.15, 0.2) is 0 Å². The van der Waals surface area contributed by atoms with Crippen molar-refractivity contribution in [3.05, 3.63) is 0 Å². The third kappa shape index (κ3) is 6.35. The highest BCUT2D eigenvalue weighted by Gasteiger charge is 2.43. The molecule has 4 N–H and O–H groups in total. The van der Waals surface area contributed by atoms with Crippen LogP contribution in [0.3, 0.4) is 0 Å². The van der Waals surface area contributed by atoms with Gasteiger partial charge in [-0.2, -0.15) is 12.6 Å². The largest absolute Gasteiger partial charge is 0.394 e. The molecule has 1 rings (SSSR count). The Hall–Kier alpha value is 0.0300. The van der Waals surface area contributed by atoms with Crippen LogP contribution in [-0.4, -0.2) is 96.5 Å². The van der Waals surface area contributed by atoms with Crippen LogP contribution in [0.1, 0.15) is 0 Å². The van der Waals surface area contributed by atoms with Gasteiger partial charge < -0.3 is 39.4 Å². The van der Waals surface area contributed by atoms with Crippen molar-refractivity contribution < 1.29 is 39.4 Å². The summed E-state index contributed by atoms with van der Waals surface area (Å²) in [6.07, 6.45) is -6.29. The third-order valence-electron chi connectivity index (χ3n) is 2.97. The molecule has 1 aliphatic heterocycles. The fourth-order valence-corrected chi connectivity index (χ4v) is 1.94. The fraction of sp³-hybridized carbons (Fsp3) is 1.00. The highest BCUT2D eigenvalue weighted by atomic mass is 32.1. The van der Waals surface area contributed by atoms with Gasteiger partial charge in [-0.15, -0.1) is 0 Å². The minimum atomic E-state index is -1.43. The van der Waals surface area contributed by atoms with Crippen LogP contribution in [0, 0.1) is 0 Å². The van der Waals surface area contributed by atoms with Crippen LogP contribution in [0.5, 0.6) is 0 Å². The van der Waals surface area contributed by atoms with Crippen LogP contribution < -0.4 is 0 Å². The minimum Gasteiger partial charge on any atom is -0.394 e. The summed E-state index contributed by atoms with van der Waals surface area (Å²) in [5.74, 6) is 0.653. The van der Waals surface area contributed by atoms with E-state index >= 15 is 0 Å². The first-order valence-electron chi connectivity index (χ1n) is 6.80. The number of hydrogen-bond donors (Lipinski definition) is 5. The quantitative estimate of drug-likeness (QED) is 0.226. The molecule has 0 spiro atoms. The van der Waals surface area contributed by atoms with Gasteiger partial charge in [0.25, 0.3) is 0 Å². The highest BCUT2D eigenvalue weighted by Crippen LogP contribution is 2.21. The first-order chi connectivity index (χ1) is 10.1. The minimum absolute atomic E-state index is 0.134. The molecule has 9 heteroatoms. The molecule has 0 amide bonds. The molecule has 1 fully saturated rings. The Bertz CT molecular complexity index is 268. The second-order valence-electron chi connectivity index (χ2n) is 4.52. The number of ether oxygens (including phenoxy) is 4. The smallest absolute Gasteiger partial charge is 0.186 e. The van der Waals surface area contributed by atoms with Crippen molar-refractivity contribution in [3.8, 4) is 0 Å². The number of hydrogen-bond acceptors (Lipinski definition) is 9. The highest BCUT2D eigenvalue weighted by molar-refractivity contribution is 7.80. The van der Waals surface area contributed by atoms with E-state index in [0.29, 0.717) is 25.6 Å². The maximum Gasteiger partial charge on any atom is 0.186 e. The maximum absolute atomic E-state index is 9.71. The van der Waals surface area contributed by atoms with E-state index in [1.807, 2.05) is 0 Å². The van der Waals surface area contributed by atoms with E-state index in [-0.39, 0.29) is 13.2 Å². The van der Waals surface area contributed by atoms with Gasteiger partial charge in [0.05, 0.1) is 39.6 Å². The van der Waals surface area contributed by atoms with Gasteiger partial charge in [-0.05, 0) is 0 Å². The summed E-state index contributed by atoms with van der Waals surface area (Å²) in [4.78, 5) is 0. The maximum atomic E-state index is 9.71. The molecule has 0 aromatic carbocycles. The number of aliphatic hydroxyl groups is 4. The molecule has 1 aliphatic rings. The van der Waals surface area contributed by atoms with Gasteiger partial charge >= 0.3 is 0 Å². The van der Waals surface area contributed by atoms with Crippen molar-refractivity contribution in [2.45, 2.75) is 30.7 Å². The molecule has 0 radical (unpaired) electrons. The topological polar surface area (TPSA) is 118 Å². The standard InChI is InChI=1S/C12H24O8S/c13-7-8-9(14)10(15)11(16)12(20-8)19-4-3-17-1-2-18-5-6-21/h8-16,21H,1-7H2/t8-,9+,10+,11-,12-/m1/s1. The predicted molar refractivity (Wildman–Crippen MR) is 75.2 cm³/mol. The Labute approximate surface area is 129 Å². The molecule has 0 aliphatic carbocycles. The summed E-state index contributed by atoms with van der Waals surface area (Å²) in [7, 11) is 0. The van der Waals surface area contributed by atoms with Gasteiger partial charge in [0, 0.05) is 5.75 Å². The zero-order chi connectivity index (χ0) is 15.7. The lowest BCUT2D eigenvalue weighted by Gasteiger charge is -2.39. The van der Waals surface area contributed by atoms with Gasteiger partial charge in [0.1, 0.15) is 24.4 Å². The molecule has 1 heterocycles. The molecule has 0 bridgehead atoms. The fourth-order valence-electron chi connectivity index (χ4n) is 1.81. The number of aliphatic hydroxyl groups excluding tert-OH is 4. The second-order valence-corrected chi connectivity index (χ2v) is 4.96. The summed E-state index contributed by atoms with van der Waals surface area (Å²) < 4.78 is 20.8. The van der Waals surface area contributed by atoms with Crippen molar-refractivity contribution in [2.24, 2.45) is 0 Å². The molecule has 126 valence electrons. The van der Waals surface area contributed by atoms with E-state index < -0.39 is 37.3 Å². The van der Waals surface area contributed by atoms with E-state index in [2.05, 4.69) is 12.6 Å². The molecule has 21 heavy (non-hydrogen) atoms. The van der Waals surface area contributed by atoms with Gasteiger partial charge in [0.2, 0.25) is 0 Å². The van der Waals surface area contributed by atoms with Crippen molar-refractivity contribution in [3.63, 3.8) is 0 Å². The van der Waals surface area contributed by atoms with Crippen molar-refractivity contribution >= 4 is 12.6 Å². The van der Waals surface area contributed by atoms with E-state index in [1.54, 1.807) is 0 Å². The molecule has 5 atom stereocenters. The second kappa shape index (κ2) is 10.7. The number of rotatable bonds is 10. The average molecular weight is 328 g/mol. The summed E-state index contributed by atoms with van der Waals surface area (Å²) in [6, 6.07) is 0. The van der Waals surface area contributed by atoms with Gasteiger partial charge in [-0.1, -0.05) is 0 Å². The Balaban J connectivity index is 2.16. The normalized spacial score (nSPS) is 33.3. The summed E-state index contributed by atoms with van der Waals surface area (Å²) in [5, 5.41) is 37.9. The van der Waals surface area contributed by atoms with Gasteiger partial charge in [0.15, 0.2) is 6.29 Å². The van der Waals surface area contributed by atoms with Crippen molar-refractivity contribution in [1.29, 1.82) is 0 Å². The molecule has 1 saturated heterocycles. The Morgan fingerprint density at radius 1 is 0.857 bits per heavy atom. The first kappa shape index (κ1) is 19.1. The third-order valence-corrected chi connectivity index (χ3v) is 3.15. The summed E-state index contributed by atoms with van der Waals surface area (Å²) in [5.41, 5.74) is 0. The van der Waals surface area contributed by atoms with Gasteiger partial charge in [-0.3, -0.25) is 0 Å². The molecular weight excluding hydrogens is 304 g/mol. The first-order valence-corrected chi connectivity index (χ1v) is 7.43. The van der Waals surface area contributed by atoms with E-state index in [9.17, 15) is 15.3 Å². The Morgan fingerprint density at radius 3 is 2.10 bits per heavy atom. The monoisotopic (exact) mass is 328 g/mol. The molecule has 0 aromatic rings. The van der Waals surface area contributed by atoms with Crippen molar-refractivity contribution in [1.82, 2.24) is 0 Å². The SMILES string of the molecule is OC[C@H]1O[C@@H](OCCOCCOCCS)[C@H](O)[C@@H](O)[C@H]1O. The van der Waals surface area contributed by atoms with Gasteiger partial charge in [-0.25, -0.2) is 0 Å². The van der Waals surface area contributed by atoms with Crippen LogP contribution in [0.4, 0.5) is 0 Å². The molecule has 0 saturated carbocycles. The molecule has 0 unspecified atom stereocenters. The van der Waals surface area contributed by atoms with E-state index in [0.717, 1.165) is 0 Å². The number of thiol groups is 1. The molecular formula is C12H24O8S. The van der Waals surface area contributed by atoms with Crippen LogP contribution >= 0.6 is 12.6 Å². The summed E-state index contributed by atoms with van der Waals surface area (Å²) >= 11 is 4.00. The van der Waals surface area contributed by atoms with Crippen LogP contribution in [-0.2, 0) is 18.9 Å². The van der Waals surface area contributed by atoms with Crippen LogP contribution in [0.25, 0.3) is 0 Å². The Morgan fingerprint density at radius 2 is 1.48 bits per heavy atom. The lowest BCUT2D eigenvalue weighted by atomic mass is 9.99. The van der Waals surface area contributed by atoms with E-state index in [1.165, 1.54) is 0 Å². The zero-order valence-corrected chi connectivity index (χ0v) is 12.6. The Kier molecular flexibility index (Phi) is 9.73. The van der Waals surface area contributed by atoms with Crippen LogP contribution in [0.2, 0.25) is 0 Å². The molecule has 0 aromatic heterocycles. The summed E-state index contributed by atoms with van der Waals surface area (Å²) in [6.45, 7) is 1.35. The lowest BCUT2D eigenvalue weighted by Crippen LogP contribution is -2.59. The lowest BCUT2D eigenvalue weighted by molar-refractivity contribution is -0.302. The predicted octanol–water partition coefficient (Wildman–Crippen LogP) is -2.23. The van der Waals surface area contributed by atoms with Crippen molar-refractivity contribution in [2.75, 3.05) is 45.4 Å².